The van der Waals surface area contributed by atoms with Crippen LogP contribution in [-0.2, 0) is 15.8 Å². The molecule has 0 spiro atoms. The maximum atomic E-state index is 12.2. The van der Waals surface area contributed by atoms with Crippen LogP contribution < -0.4 is 10.5 Å². The topological polar surface area (TPSA) is 85.1 Å². The second-order valence-corrected chi connectivity index (χ2v) is 6.76. The summed E-state index contributed by atoms with van der Waals surface area (Å²) in [5, 5.41) is 0. The number of sulfonamides is 1. The van der Waals surface area contributed by atoms with Gasteiger partial charge in [-0.15, -0.1) is 0 Å². The molecule has 0 amide bonds. The van der Waals surface area contributed by atoms with E-state index in [-0.39, 0.29) is 10.7 Å². The Balaban J connectivity index is 2.24. The molecule has 0 aliphatic heterocycles. The monoisotopic (exact) mass is 321 g/mol. The number of benzene rings is 1. The lowest BCUT2D eigenvalue weighted by Gasteiger charge is -2.10. The van der Waals surface area contributed by atoms with E-state index >= 15 is 0 Å². The van der Waals surface area contributed by atoms with Gasteiger partial charge < -0.3 is 5.73 Å². The van der Waals surface area contributed by atoms with Crippen LogP contribution >= 0.6 is 12.2 Å². The first-order valence-corrected chi connectivity index (χ1v) is 8.24. The third-order valence-electron chi connectivity index (χ3n) is 2.80. The van der Waals surface area contributed by atoms with Crippen molar-refractivity contribution in [2.75, 3.05) is 4.72 Å². The average Bonchev–Trinajstić information content (AvgIpc) is 2.37. The minimum atomic E-state index is -3.59. The standard InChI is InChI=1S/C14H15N3O2S2/c1-10-6-7-16-13(8-10)17-21(18,19)9-11-4-2-3-5-12(11)14(15)20/h2-8H,9H2,1H3,(H2,15,20)(H,16,17). The van der Waals surface area contributed by atoms with E-state index in [1.54, 1.807) is 42.6 Å². The van der Waals surface area contributed by atoms with Gasteiger partial charge in [0.2, 0.25) is 10.0 Å². The van der Waals surface area contributed by atoms with E-state index in [2.05, 4.69) is 9.71 Å². The Kier molecular flexibility index (Phi) is 4.54. The van der Waals surface area contributed by atoms with Crippen molar-refractivity contribution in [3.8, 4) is 0 Å². The minimum Gasteiger partial charge on any atom is -0.389 e. The van der Waals surface area contributed by atoms with Gasteiger partial charge >= 0.3 is 0 Å². The lowest BCUT2D eigenvalue weighted by molar-refractivity contribution is 0.600. The van der Waals surface area contributed by atoms with Gasteiger partial charge in [-0.05, 0) is 30.2 Å². The number of nitrogens with zero attached hydrogens (tertiary/aromatic N) is 1. The molecule has 0 unspecified atom stereocenters. The molecule has 3 N–H and O–H groups in total. The normalized spacial score (nSPS) is 11.1. The molecule has 1 aromatic heterocycles. The van der Waals surface area contributed by atoms with Gasteiger partial charge in [-0.3, -0.25) is 4.72 Å². The number of hydrogen-bond acceptors (Lipinski definition) is 4. The zero-order valence-electron chi connectivity index (χ0n) is 11.4. The number of thiocarbonyl (C=S) groups is 1. The van der Waals surface area contributed by atoms with E-state index in [4.69, 9.17) is 18.0 Å². The molecule has 7 heteroatoms. The number of nitrogens with two attached hydrogens (primary N) is 1. The third-order valence-corrected chi connectivity index (χ3v) is 4.23. The Hall–Kier alpha value is -1.99. The van der Waals surface area contributed by atoms with E-state index in [1.165, 1.54) is 0 Å². The molecule has 1 heterocycles. The molecule has 0 aliphatic rings. The number of aryl methyl sites for hydroxylation is 1. The molecule has 0 bridgehead atoms. The first-order chi connectivity index (χ1) is 9.87. The van der Waals surface area contributed by atoms with Crippen molar-refractivity contribution in [1.82, 2.24) is 4.98 Å². The fraction of sp³-hybridized carbons (Fsp3) is 0.143. The molecule has 110 valence electrons. The van der Waals surface area contributed by atoms with Gasteiger partial charge in [0.05, 0.1) is 5.75 Å². The lowest BCUT2D eigenvalue weighted by Crippen LogP contribution is -2.19. The van der Waals surface area contributed by atoms with E-state index in [0.717, 1.165) is 5.56 Å². The summed E-state index contributed by atoms with van der Waals surface area (Å²) < 4.78 is 26.9. The maximum absolute atomic E-state index is 12.2. The van der Waals surface area contributed by atoms with Crippen molar-refractivity contribution < 1.29 is 8.42 Å². The highest BCUT2D eigenvalue weighted by atomic mass is 32.2. The molecule has 0 aliphatic carbocycles. The van der Waals surface area contributed by atoms with Crippen LogP contribution in [0.1, 0.15) is 16.7 Å². The molecule has 21 heavy (non-hydrogen) atoms. The van der Waals surface area contributed by atoms with Crippen molar-refractivity contribution in [2.45, 2.75) is 12.7 Å². The molecule has 0 atom stereocenters. The fourth-order valence-corrected chi connectivity index (χ4v) is 3.24. The zero-order valence-corrected chi connectivity index (χ0v) is 13.0. The minimum absolute atomic E-state index is 0.175. The van der Waals surface area contributed by atoms with Gasteiger partial charge in [-0.2, -0.15) is 0 Å². The first-order valence-electron chi connectivity index (χ1n) is 6.18. The predicted octanol–water partition coefficient (Wildman–Crippen LogP) is 1.97. The van der Waals surface area contributed by atoms with Crippen molar-refractivity contribution in [2.24, 2.45) is 5.73 Å². The van der Waals surface area contributed by atoms with Gasteiger partial charge in [0, 0.05) is 11.8 Å². The molecule has 2 rings (SSSR count). The predicted molar refractivity (Wildman–Crippen MR) is 87.5 cm³/mol. The average molecular weight is 321 g/mol. The summed E-state index contributed by atoms with van der Waals surface area (Å²) in [4.78, 5) is 4.16. The largest absolute Gasteiger partial charge is 0.389 e. The summed E-state index contributed by atoms with van der Waals surface area (Å²) in [6, 6.07) is 10.4. The second-order valence-electron chi connectivity index (χ2n) is 4.60. The first kappa shape index (κ1) is 15.4. The van der Waals surface area contributed by atoms with Gasteiger partial charge in [0.25, 0.3) is 0 Å². The summed E-state index contributed by atoms with van der Waals surface area (Å²) in [5.41, 5.74) is 7.66. The highest BCUT2D eigenvalue weighted by Gasteiger charge is 2.15. The van der Waals surface area contributed by atoms with Crippen LogP contribution in [0.4, 0.5) is 5.82 Å². The van der Waals surface area contributed by atoms with Crippen LogP contribution in [0.25, 0.3) is 0 Å². The molecular weight excluding hydrogens is 306 g/mol. The molecule has 0 saturated carbocycles. The van der Waals surface area contributed by atoms with Gasteiger partial charge in [0.15, 0.2) is 0 Å². The molecule has 1 aromatic carbocycles. The van der Waals surface area contributed by atoms with Crippen LogP contribution in [0.5, 0.6) is 0 Å². The van der Waals surface area contributed by atoms with Crippen LogP contribution in [-0.4, -0.2) is 18.4 Å². The third kappa shape index (κ3) is 4.24. The summed E-state index contributed by atoms with van der Waals surface area (Å²) in [7, 11) is -3.59. The van der Waals surface area contributed by atoms with Crippen molar-refractivity contribution in [3.05, 3.63) is 59.3 Å². The summed E-state index contributed by atoms with van der Waals surface area (Å²) in [6.07, 6.45) is 1.55. The summed E-state index contributed by atoms with van der Waals surface area (Å²) in [6.45, 7) is 1.86. The Bertz CT molecular complexity index is 773. The zero-order chi connectivity index (χ0) is 15.5. The molecule has 5 nitrogen and oxygen atoms in total. The number of anilines is 1. The van der Waals surface area contributed by atoms with Crippen molar-refractivity contribution >= 4 is 33.0 Å². The van der Waals surface area contributed by atoms with E-state index < -0.39 is 10.0 Å². The van der Waals surface area contributed by atoms with Crippen LogP contribution in [0.3, 0.4) is 0 Å². The van der Waals surface area contributed by atoms with E-state index in [9.17, 15) is 8.42 Å². The van der Waals surface area contributed by atoms with Crippen molar-refractivity contribution in [1.29, 1.82) is 0 Å². The van der Waals surface area contributed by atoms with Crippen molar-refractivity contribution in [3.63, 3.8) is 0 Å². The Morgan fingerprint density at radius 3 is 2.71 bits per heavy atom. The van der Waals surface area contributed by atoms with Crippen LogP contribution in [0, 0.1) is 6.92 Å². The van der Waals surface area contributed by atoms with E-state index in [0.29, 0.717) is 16.9 Å². The number of nitrogens with one attached hydrogen (secondary N) is 1. The smallest absolute Gasteiger partial charge is 0.238 e. The fourth-order valence-electron chi connectivity index (χ4n) is 1.88. The highest BCUT2D eigenvalue weighted by molar-refractivity contribution is 7.91. The van der Waals surface area contributed by atoms with Gasteiger partial charge in [0.1, 0.15) is 10.8 Å². The highest BCUT2D eigenvalue weighted by Crippen LogP contribution is 2.15. The van der Waals surface area contributed by atoms with E-state index in [1.807, 2.05) is 6.92 Å². The summed E-state index contributed by atoms with van der Waals surface area (Å²) in [5.74, 6) is 0.0821. The van der Waals surface area contributed by atoms with Crippen LogP contribution in [0.15, 0.2) is 42.6 Å². The second kappa shape index (κ2) is 6.19. The molecule has 0 radical (unpaired) electrons. The lowest BCUT2D eigenvalue weighted by atomic mass is 10.1. The number of pyridine rings is 1. The maximum Gasteiger partial charge on any atom is 0.238 e. The van der Waals surface area contributed by atoms with Gasteiger partial charge in [-0.25, -0.2) is 13.4 Å². The summed E-state index contributed by atoms with van der Waals surface area (Å²) >= 11 is 4.94. The Labute approximate surface area is 129 Å². The number of aromatic nitrogens is 1. The Morgan fingerprint density at radius 2 is 2.05 bits per heavy atom. The number of hydrogen-bond donors (Lipinski definition) is 2. The van der Waals surface area contributed by atoms with Crippen LogP contribution in [0.2, 0.25) is 0 Å². The van der Waals surface area contributed by atoms with Gasteiger partial charge in [-0.1, -0.05) is 36.5 Å². The Morgan fingerprint density at radius 1 is 1.33 bits per heavy atom. The SMILES string of the molecule is Cc1ccnc(NS(=O)(=O)Cc2ccccc2C(N)=S)c1. The molecule has 0 saturated heterocycles. The quantitative estimate of drug-likeness (QED) is 0.822. The number of rotatable bonds is 5. The molecular formula is C14H15N3O2S2. The molecule has 2 aromatic rings. The molecule has 0 fully saturated rings.